The third-order valence-electron chi connectivity index (χ3n) is 4.24. The molecule has 0 aliphatic carbocycles. The zero-order chi connectivity index (χ0) is 19.0. The Morgan fingerprint density at radius 1 is 1.12 bits per heavy atom. The van der Waals surface area contributed by atoms with E-state index in [1.54, 1.807) is 36.5 Å². The molecule has 3 aromatic heterocycles. The van der Waals surface area contributed by atoms with Crippen molar-refractivity contribution < 1.29 is 19.1 Å². The van der Waals surface area contributed by atoms with E-state index < -0.39 is 11.9 Å². The minimum absolute atomic E-state index is 0.0475. The van der Waals surface area contributed by atoms with Crippen LogP contribution in [-0.2, 0) is 16.0 Å². The molecule has 0 saturated heterocycles. The molecule has 0 N–H and O–H groups in total. The van der Waals surface area contributed by atoms with E-state index in [0.717, 1.165) is 5.56 Å². The lowest BCUT2D eigenvalue weighted by Gasteiger charge is -2.07. The molecular formula is C19H20N2O5. The molecular weight excluding hydrogens is 336 g/mol. The molecule has 0 spiro atoms. The SMILES string of the molecule is C=CCn1c(=O)c2c(C(=O)OCC)c(C(=O)OCC)c3ccc(C)c1n32. The molecule has 0 aliphatic heterocycles. The standard InChI is InChI=1S/C19H20N2O5/c1-5-10-20-16-11(4)8-9-12-13(18(23)25-6-2)14(19(24)26-7-3)15(17(20)22)21(12)16/h5,8-9H,1,6-7,10H2,2-4H3. The minimum Gasteiger partial charge on any atom is -0.462 e. The lowest BCUT2D eigenvalue weighted by molar-refractivity contribution is 0.0483. The number of carbonyl (C=O) groups is 2. The van der Waals surface area contributed by atoms with Gasteiger partial charge in [0.25, 0.3) is 5.56 Å². The van der Waals surface area contributed by atoms with Gasteiger partial charge < -0.3 is 9.47 Å². The minimum atomic E-state index is -0.716. The average Bonchev–Trinajstić information content (AvgIpc) is 3.08. The van der Waals surface area contributed by atoms with E-state index in [1.807, 2.05) is 6.92 Å². The second-order valence-electron chi connectivity index (χ2n) is 5.80. The number of allylic oxidation sites excluding steroid dienone is 1. The zero-order valence-corrected chi connectivity index (χ0v) is 15.0. The van der Waals surface area contributed by atoms with Gasteiger partial charge in [-0.3, -0.25) is 13.8 Å². The molecule has 26 heavy (non-hydrogen) atoms. The summed E-state index contributed by atoms with van der Waals surface area (Å²) in [6, 6.07) is 3.52. The van der Waals surface area contributed by atoms with Crippen molar-refractivity contribution in [3.05, 3.63) is 51.8 Å². The van der Waals surface area contributed by atoms with E-state index >= 15 is 0 Å². The molecule has 7 heteroatoms. The Balaban J connectivity index is 2.52. The van der Waals surface area contributed by atoms with Gasteiger partial charge in [0, 0.05) is 6.54 Å². The maximum absolute atomic E-state index is 13.0. The molecule has 0 amide bonds. The maximum Gasteiger partial charge on any atom is 0.341 e. The Labute approximate surface area is 149 Å². The number of hydrogen-bond donors (Lipinski definition) is 0. The van der Waals surface area contributed by atoms with Crippen molar-refractivity contribution in [3.63, 3.8) is 0 Å². The van der Waals surface area contributed by atoms with Gasteiger partial charge in [-0.15, -0.1) is 6.58 Å². The smallest absolute Gasteiger partial charge is 0.341 e. The van der Waals surface area contributed by atoms with Crippen molar-refractivity contribution in [1.29, 1.82) is 0 Å². The van der Waals surface area contributed by atoms with Crippen molar-refractivity contribution in [3.8, 4) is 0 Å². The number of pyridine rings is 1. The summed E-state index contributed by atoms with van der Waals surface area (Å²) in [6.07, 6.45) is 1.61. The summed E-state index contributed by atoms with van der Waals surface area (Å²) < 4.78 is 13.4. The predicted molar refractivity (Wildman–Crippen MR) is 97.2 cm³/mol. The highest BCUT2D eigenvalue weighted by Gasteiger charge is 2.32. The van der Waals surface area contributed by atoms with Crippen molar-refractivity contribution >= 4 is 28.6 Å². The van der Waals surface area contributed by atoms with E-state index in [1.165, 1.54) is 4.57 Å². The van der Waals surface area contributed by atoms with E-state index in [-0.39, 0.29) is 42.0 Å². The topological polar surface area (TPSA) is 79.0 Å². The van der Waals surface area contributed by atoms with Crippen LogP contribution in [0.3, 0.4) is 0 Å². The van der Waals surface area contributed by atoms with Crippen LogP contribution in [0.25, 0.3) is 16.7 Å². The van der Waals surface area contributed by atoms with Gasteiger partial charge in [0.1, 0.15) is 22.3 Å². The van der Waals surface area contributed by atoms with Crippen molar-refractivity contribution in [2.75, 3.05) is 13.2 Å². The van der Waals surface area contributed by atoms with Gasteiger partial charge in [-0.1, -0.05) is 12.1 Å². The number of nitrogens with zero attached hydrogens (tertiary/aromatic N) is 2. The Bertz CT molecular complexity index is 1070. The summed E-state index contributed by atoms with van der Waals surface area (Å²) in [5, 5.41) is 0. The maximum atomic E-state index is 13.0. The summed E-state index contributed by atoms with van der Waals surface area (Å²) in [4.78, 5) is 38.2. The first-order chi connectivity index (χ1) is 12.5. The summed E-state index contributed by atoms with van der Waals surface area (Å²) in [5.41, 5.74) is 1.67. The second-order valence-corrected chi connectivity index (χ2v) is 5.80. The molecule has 0 atom stereocenters. The van der Waals surface area contributed by atoms with Crippen molar-refractivity contribution in [2.24, 2.45) is 0 Å². The molecule has 3 heterocycles. The third-order valence-corrected chi connectivity index (χ3v) is 4.24. The van der Waals surface area contributed by atoms with Crippen LogP contribution in [0.2, 0.25) is 0 Å². The number of aromatic nitrogens is 2. The molecule has 0 bridgehead atoms. The summed E-state index contributed by atoms with van der Waals surface area (Å²) in [5.74, 6) is -1.37. The van der Waals surface area contributed by atoms with Crippen molar-refractivity contribution in [2.45, 2.75) is 27.3 Å². The fraction of sp³-hybridized carbons (Fsp3) is 0.316. The molecule has 0 radical (unpaired) electrons. The molecule has 136 valence electrons. The number of ether oxygens (including phenoxy) is 2. The molecule has 0 unspecified atom stereocenters. The van der Waals surface area contributed by atoms with Gasteiger partial charge in [0.05, 0.1) is 18.7 Å². The van der Waals surface area contributed by atoms with Crippen LogP contribution < -0.4 is 5.56 Å². The highest BCUT2D eigenvalue weighted by atomic mass is 16.5. The second kappa shape index (κ2) is 6.67. The first-order valence-electron chi connectivity index (χ1n) is 8.42. The fourth-order valence-electron chi connectivity index (χ4n) is 3.29. The van der Waals surface area contributed by atoms with Crippen LogP contribution in [0, 0.1) is 6.92 Å². The van der Waals surface area contributed by atoms with Crippen LogP contribution in [0.5, 0.6) is 0 Å². The Hall–Kier alpha value is -3.09. The third kappa shape index (κ3) is 2.39. The molecule has 0 aliphatic rings. The van der Waals surface area contributed by atoms with Crippen LogP contribution in [-0.4, -0.2) is 34.1 Å². The number of esters is 2. The number of carbonyl (C=O) groups excluding carboxylic acids is 2. The Kier molecular flexibility index (Phi) is 4.54. The van der Waals surface area contributed by atoms with Crippen LogP contribution in [0.1, 0.15) is 40.1 Å². The van der Waals surface area contributed by atoms with Crippen LogP contribution in [0.15, 0.2) is 29.6 Å². The van der Waals surface area contributed by atoms with Crippen LogP contribution in [0.4, 0.5) is 0 Å². The van der Waals surface area contributed by atoms with E-state index in [0.29, 0.717) is 11.2 Å². The molecule has 3 rings (SSSR count). The Morgan fingerprint density at radius 2 is 1.73 bits per heavy atom. The van der Waals surface area contributed by atoms with Gasteiger partial charge in [-0.2, -0.15) is 0 Å². The summed E-state index contributed by atoms with van der Waals surface area (Å²) in [7, 11) is 0. The van der Waals surface area contributed by atoms with Gasteiger partial charge in [0.2, 0.25) is 0 Å². The van der Waals surface area contributed by atoms with E-state index in [9.17, 15) is 14.4 Å². The van der Waals surface area contributed by atoms with E-state index in [4.69, 9.17) is 9.47 Å². The summed E-state index contributed by atoms with van der Waals surface area (Å²) in [6.45, 7) is 9.47. The summed E-state index contributed by atoms with van der Waals surface area (Å²) >= 11 is 0. The average molecular weight is 356 g/mol. The fourth-order valence-corrected chi connectivity index (χ4v) is 3.29. The number of imidazole rings is 1. The molecule has 0 saturated carbocycles. The quantitative estimate of drug-likeness (QED) is 0.501. The zero-order valence-electron chi connectivity index (χ0n) is 15.0. The molecule has 7 nitrogen and oxygen atoms in total. The van der Waals surface area contributed by atoms with Gasteiger partial charge in [0.15, 0.2) is 0 Å². The first-order valence-corrected chi connectivity index (χ1v) is 8.42. The first kappa shape index (κ1) is 17.7. The normalized spacial score (nSPS) is 11.2. The highest BCUT2D eigenvalue weighted by Crippen LogP contribution is 2.30. The lowest BCUT2D eigenvalue weighted by Crippen LogP contribution is -2.19. The molecule has 0 aromatic carbocycles. The highest BCUT2D eigenvalue weighted by molar-refractivity contribution is 6.14. The molecule has 3 aromatic rings. The van der Waals surface area contributed by atoms with Gasteiger partial charge >= 0.3 is 11.9 Å². The monoisotopic (exact) mass is 356 g/mol. The van der Waals surface area contributed by atoms with Gasteiger partial charge in [-0.25, -0.2) is 9.59 Å². The Morgan fingerprint density at radius 3 is 2.31 bits per heavy atom. The number of aryl methyl sites for hydroxylation is 1. The lowest BCUT2D eigenvalue weighted by atomic mass is 10.1. The number of rotatable bonds is 6. The number of hydrogen-bond acceptors (Lipinski definition) is 5. The largest absolute Gasteiger partial charge is 0.462 e. The van der Waals surface area contributed by atoms with Gasteiger partial charge in [-0.05, 0) is 32.4 Å². The van der Waals surface area contributed by atoms with E-state index in [2.05, 4.69) is 6.58 Å². The van der Waals surface area contributed by atoms with Crippen LogP contribution >= 0.6 is 0 Å². The molecule has 0 fully saturated rings. The predicted octanol–water partition coefficient (Wildman–Crippen LogP) is 2.54. The van der Waals surface area contributed by atoms with Crippen molar-refractivity contribution in [1.82, 2.24) is 8.97 Å².